The Hall–Kier alpha value is -7.99. The number of thiazole rings is 1. The Morgan fingerprint density at radius 3 is 1.89 bits per heavy atom. The average Bonchev–Trinajstić information content (AvgIpc) is 2.84. The van der Waals surface area contributed by atoms with Gasteiger partial charge in [0.05, 0.1) is 47.9 Å². The summed E-state index contributed by atoms with van der Waals surface area (Å²) in [6, 6.07) is 58.8. The smallest absolute Gasteiger partial charge is 0.326 e. The lowest BCUT2D eigenvalue weighted by Crippen LogP contribution is -2.18. The van der Waals surface area contributed by atoms with E-state index < -0.39 is 0 Å². The molecule has 0 radical (unpaired) electrons. The summed E-state index contributed by atoms with van der Waals surface area (Å²) in [4.78, 5) is 31.7. The van der Waals surface area contributed by atoms with E-state index in [-0.39, 0.29) is 26.6 Å². The van der Waals surface area contributed by atoms with Crippen LogP contribution in [0.3, 0.4) is 0 Å². The molecule has 1 N–H and O–H groups in total. The number of pyridine rings is 1. The molecular formula is C78H96N6O3S2. The predicted octanol–water partition coefficient (Wildman–Crippen LogP) is 22.6. The van der Waals surface area contributed by atoms with Gasteiger partial charge in [0, 0.05) is 23.5 Å². The number of ether oxygens (including phenoxy) is 2. The molecule has 1 aliphatic heterocycles. The maximum absolute atomic E-state index is 11.5. The molecule has 1 atom stereocenters. The van der Waals surface area contributed by atoms with Crippen molar-refractivity contribution in [3.63, 3.8) is 0 Å². The molecule has 5 aromatic heterocycles. The molecule has 1 aliphatic carbocycles. The number of nitrogens with one attached hydrogen (secondary N) is 1. The van der Waals surface area contributed by atoms with Crippen LogP contribution in [0.25, 0.3) is 53.0 Å². The van der Waals surface area contributed by atoms with Crippen LogP contribution < -0.4 is 15.2 Å². The molecule has 7 aromatic carbocycles. The predicted molar refractivity (Wildman–Crippen MR) is 384 cm³/mol. The highest BCUT2D eigenvalue weighted by Crippen LogP contribution is 2.38. The normalized spacial score (nSPS) is 12.7. The van der Waals surface area contributed by atoms with Gasteiger partial charge in [0.1, 0.15) is 6.33 Å². The molecule has 14 rings (SSSR count). The van der Waals surface area contributed by atoms with Gasteiger partial charge in [0.2, 0.25) is 6.79 Å². The Labute approximate surface area is 538 Å². The summed E-state index contributed by atoms with van der Waals surface area (Å²) in [5.74, 6) is 6.02. The first-order chi connectivity index (χ1) is 41.9. The van der Waals surface area contributed by atoms with E-state index in [0.717, 1.165) is 51.1 Å². The number of aromatic amines is 1. The van der Waals surface area contributed by atoms with E-state index in [1.807, 2.05) is 68.6 Å². The molecule has 0 saturated heterocycles. The van der Waals surface area contributed by atoms with Crippen LogP contribution in [0.2, 0.25) is 0 Å². The topological polar surface area (TPSA) is 108 Å². The van der Waals surface area contributed by atoms with Crippen LogP contribution in [0.5, 0.6) is 11.5 Å². The van der Waals surface area contributed by atoms with Crippen molar-refractivity contribution >= 4 is 75.7 Å². The molecule has 2 aliphatic rings. The van der Waals surface area contributed by atoms with E-state index >= 15 is 0 Å². The second kappa shape index (κ2) is 33.6. The quantitative estimate of drug-likeness (QED) is 0.169. The first kappa shape index (κ1) is 70.1. The Kier molecular flexibility index (Phi) is 26.4. The van der Waals surface area contributed by atoms with Crippen LogP contribution in [0, 0.1) is 5.92 Å². The van der Waals surface area contributed by atoms with Gasteiger partial charge in [-0.25, -0.2) is 19.7 Å². The van der Waals surface area contributed by atoms with Crippen LogP contribution >= 0.6 is 22.7 Å². The second-order valence-electron chi connectivity index (χ2n) is 24.3. The van der Waals surface area contributed by atoms with Crippen LogP contribution in [0.1, 0.15) is 198 Å². The van der Waals surface area contributed by atoms with E-state index in [1.165, 1.54) is 65.6 Å². The number of para-hydroxylation sites is 3. The van der Waals surface area contributed by atoms with Gasteiger partial charge in [-0.1, -0.05) is 219 Å². The Morgan fingerprint density at radius 1 is 0.562 bits per heavy atom. The molecule has 12 aromatic rings. The highest BCUT2D eigenvalue weighted by molar-refractivity contribution is 7.18. The Morgan fingerprint density at radius 2 is 1.20 bits per heavy atom. The van der Waals surface area contributed by atoms with Crippen molar-refractivity contribution in [2.24, 2.45) is 5.92 Å². The molecule has 89 heavy (non-hydrogen) atoms. The molecule has 0 fully saturated rings. The molecule has 6 heterocycles. The molecule has 0 spiro atoms. The highest BCUT2D eigenvalue weighted by Gasteiger charge is 2.24. The zero-order chi connectivity index (χ0) is 62.1. The molecular weight excluding hydrogens is 1130 g/mol. The molecule has 9 nitrogen and oxygen atoms in total. The minimum Gasteiger partial charge on any atom is -0.454 e. The fourth-order valence-electron chi connectivity index (χ4n) is 10.9. The van der Waals surface area contributed by atoms with Gasteiger partial charge >= 0.3 is 5.69 Å². The highest BCUT2D eigenvalue weighted by atomic mass is 32.1. The maximum Gasteiger partial charge on any atom is 0.326 e. The van der Waals surface area contributed by atoms with E-state index in [9.17, 15) is 4.79 Å². The fourth-order valence-corrected chi connectivity index (χ4v) is 12.8. The number of fused-ring (bicyclic) bond motifs is 7. The van der Waals surface area contributed by atoms with Crippen LogP contribution in [-0.4, -0.2) is 36.3 Å². The third-order valence-corrected chi connectivity index (χ3v) is 17.8. The monoisotopic (exact) mass is 1230 g/mol. The zero-order valence-electron chi connectivity index (χ0n) is 53.4. The van der Waals surface area contributed by atoms with Crippen molar-refractivity contribution in [2.45, 2.75) is 166 Å². The molecule has 0 bridgehead atoms. The van der Waals surface area contributed by atoms with Crippen molar-refractivity contribution in [3.8, 4) is 11.5 Å². The number of hydrogen-bond acceptors (Lipinski definition) is 9. The lowest BCUT2D eigenvalue weighted by molar-refractivity contribution is 0.174. The zero-order valence-corrected chi connectivity index (χ0v) is 55.0. The van der Waals surface area contributed by atoms with Gasteiger partial charge in [-0.3, -0.25) is 9.55 Å². The van der Waals surface area contributed by atoms with Gasteiger partial charge in [-0.15, -0.1) is 22.7 Å². The number of benzene rings is 7. The van der Waals surface area contributed by atoms with Gasteiger partial charge in [0.25, 0.3) is 0 Å². The largest absolute Gasteiger partial charge is 0.454 e. The number of H-pyrrole nitrogens is 1. The average molecular weight is 1230 g/mol. The van der Waals surface area contributed by atoms with Gasteiger partial charge in [0.15, 0.2) is 11.5 Å². The first-order valence-electron chi connectivity index (χ1n) is 30.9. The van der Waals surface area contributed by atoms with Crippen molar-refractivity contribution in [3.05, 3.63) is 237 Å². The van der Waals surface area contributed by atoms with Gasteiger partial charge in [-0.2, -0.15) is 0 Å². The van der Waals surface area contributed by atoms with Crippen LogP contribution in [0.4, 0.5) is 0 Å². The first-order valence-corrected chi connectivity index (χ1v) is 32.6. The molecule has 0 saturated carbocycles. The molecule has 11 heteroatoms. The number of thiophene rings is 1. The number of imidazole rings is 1. The van der Waals surface area contributed by atoms with Gasteiger partial charge < -0.3 is 14.5 Å². The molecule has 0 amide bonds. The third-order valence-electron chi connectivity index (χ3n) is 15.5. The minimum atomic E-state index is -0.0313. The van der Waals surface area contributed by atoms with E-state index in [4.69, 9.17) is 9.47 Å². The van der Waals surface area contributed by atoms with Crippen molar-refractivity contribution in [1.29, 1.82) is 0 Å². The Balaban J connectivity index is 0.000000165. The lowest BCUT2D eigenvalue weighted by Gasteiger charge is -2.14. The Bertz CT molecular complexity index is 4040. The van der Waals surface area contributed by atoms with Crippen LogP contribution in [-0.2, 0) is 6.42 Å². The minimum absolute atomic E-state index is 0. The van der Waals surface area contributed by atoms with E-state index in [2.05, 4.69) is 235 Å². The van der Waals surface area contributed by atoms with Crippen molar-refractivity contribution in [1.82, 2.24) is 29.5 Å². The number of aryl methyl sites for hydroxylation is 1. The summed E-state index contributed by atoms with van der Waals surface area (Å²) in [6.07, 6.45) is 6.18. The SMILES string of the molecule is C.C.CC(C)C1CCc2ccccc21.CC(C)c1ccc2c(c1)OCO2.CC(C)c1cccc2ccccc12.CC(C)c1nc2ccccc2s1.CC(C)c1nccc2ccccc12.CC(C)c1ncnc2ccsc12.CC(C)n1c(=O)[nH]c2ccccc21. The summed E-state index contributed by atoms with van der Waals surface area (Å²) in [6.45, 7) is 30.8. The lowest BCUT2D eigenvalue weighted by atomic mass is 9.90. The van der Waals surface area contributed by atoms with E-state index in [0.29, 0.717) is 36.4 Å². The number of hydrogen-bond donors (Lipinski definition) is 1. The fraction of sp³-hybridized carbons (Fsp3) is 0.346. The van der Waals surface area contributed by atoms with E-state index in [1.54, 1.807) is 44.7 Å². The summed E-state index contributed by atoms with van der Waals surface area (Å²) >= 11 is 3.51. The maximum atomic E-state index is 11.5. The molecule has 468 valence electrons. The molecule has 1 unspecified atom stereocenters. The summed E-state index contributed by atoms with van der Waals surface area (Å²) in [5, 5.41) is 8.58. The number of aromatic nitrogens is 6. The number of rotatable bonds is 7. The summed E-state index contributed by atoms with van der Waals surface area (Å²) in [7, 11) is 0. The standard InChI is InChI=1S/C13H14.C12H13N.C12H16.C10H12N2O.C10H11NS.C10H12O2.C9H10N2S.2CH4/c1-10(2)12-9-5-7-11-6-3-4-8-13(11)12;1-9(2)12-11-6-4-3-5-10(11)7-8-13-12;1-9(2)11-8-7-10-5-3-4-6-12(10)11;1-7(2)12-9-6-4-3-5-8(9)11-10(12)13;1-7(2)10-11-8-5-3-4-6-9(8)12-10;1-7(2)8-3-4-9-10(5-8)12-6-11-9;1-6(2)8-9-7(3-4-12-9)10-5-11-8;;/h3-10H,1-2H3;3-9H,1-2H3;3-6,9,11H,7-8H2,1-2H3;3-7H,1-2H3,(H,11,13);3-7H,1-2H3;3-5,7H,6H2,1-2H3;3-6H,1-2H3;2*1H4. The van der Waals surface area contributed by atoms with Crippen molar-refractivity contribution < 1.29 is 9.47 Å². The van der Waals surface area contributed by atoms with Gasteiger partial charge in [-0.05, 0) is 155 Å². The third kappa shape index (κ3) is 18.3. The summed E-state index contributed by atoms with van der Waals surface area (Å²) in [5.41, 5.74) is 12.3. The number of nitrogens with zero attached hydrogens (tertiary/aromatic N) is 5. The second-order valence-corrected chi connectivity index (χ2v) is 26.3. The van der Waals surface area contributed by atoms with Crippen LogP contribution in [0.15, 0.2) is 193 Å². The van der Waals surface area contributed by atoms with Crippen molar-refractivity contribution in [2.75, 3.05) is 6.79 Å². The summed E-state index contributed by atoms with van der Waals surface area (Å²) < 4.78 is 14.8.